The van der Waals surface area contributed by atoms with E-state index in [0.717, 1.165) is 16.8 Å². The van der Waals surface area contributed by atoms with Crippen molar-refractivity contribution in [3.05, 3.63) is 88.4 Å². The van der Waals surface area contributed by atoms with Crippen LogP contribution in [-0.4, -0.2) is 27.5 Å². The zero-order chi connectivity index (χ0) is 22.7. The van der Waals surface area contributed by atoms with Crippen molar-refractivity contribution < 1.29 is 17.9 Å². The van der Waals surface area contributed by atoms with Crippen LogP contribution in [0.3, 0.4) is 0 Å². The second-order valence-electron chi connectivity index (χ2n) is 7.54. The van der Waals surface area contributed by atoms with Crippen LogP contribution in [-0.2, 0) is 27.8 Å². The molecule has 4 rings (SSSR count). The van der Waals surface area contributed by atoms with Crippen LogP contribution in [0, 0.1) is 6.92 Å². The number of hydrogen-bond donors (Lipinski definition) is 1. The average molecular weight is 471 g/mol. The molecule has 0 atom stereocenters. The first kappa shape index (κ1) is 22.2. The summed E-state index contributed by atoms with van der Waals surface area (Å²) in [5, 5.41) is 3.35. The van der Waals surface area contributed by atoms with Gasteiger partial charge in [0.15, 0.2) is 6.61 Å². The minimum Gasteiger partial charge on any atom is -0.484 e. The fourth-order valence-corrected chi connectivity index (χ4v) is 5.45. The topological polar surface area (TPSA) is 75.7 Å². The number of benzene rings is 3. The number of sulfonamides is 1. The van der Waals surface area contributed by atoms with Crippen molar-refractivity contribution in [1.29, 1.82) is 0 Å². The number of nitrogens with zero attached hydrogens (tertiary/aromatic N) is 1. The lowest BCUT2D eigenvalue weighted by atomic mass is 10.2. The number of ether oxygens (including phenoxy) is 1. The third-order valence-electron chi connectivity index (χ3n) is 5.37. The number of hydrogen-bond acceptors (Lipinski definition) is 4. The first-order valence-electron chi connectivity index (χ1n) is 10.2. The highest BCUT2D eigenvalue weighted by Gasteiger charge is 2.30. The predicted molar refractivity (Wildman–Crippen MR) is 125 cm³/mol. The summed E-state index contributed by atoms with van der Waals surface area (Å²) in [7, 11) is -3.68. The second-order valence-corrected chi connectivity index (χ2v) is 9.81. The van der Waals surface area contributed by atoms with Gasteiger partial charge in [-0.1, -0.05) is 48.0 Å². The molecule has 0 aliphatic carbocycles. The minimum atomic E-state index is -3.68. The lowest BCUT2D eigenvalue weighted by Crippen LogP contribution is -2.29. The van der Waals surface area contributed by atoms with E-state index in [-0.39, 0.29) is 17.4 Å². The van der Waals surface area contributed by atoms with Crippen LogP contribution >= 0.6 is 11.6 Å². The summed E-state index contributed by atoms with van der Waals surface area (Å²) in [6, 6.07) is 19.5. The van der Waals surface area contributed by atoms with Gasteiger partial charge in [-0.25, -0.2) is 8.42 Å². The molecule has 0 fully saturated rings. The smallest absolute Gasteiger partial charge is 0.264 e. The van der Waals surface area contributed by atoms with Gasteiger partial charge in [0.2, 0.25) is 0 Å². The zero-order valence-electron chi connectivity index (χ0n) is 17.5. The van der Waals surface area contributed by atoms with Crippen molar-refractivity contribution >= 4 is 33.2 Å². The van der Waals surface area contributed by atoms with Crippen LogP contribution in [0.15, 0.2) is 71.6 Å². The molecule has 1 N–H and O–H groups in total. The molecule has 3 aromatic rings. The van der Waals surface area contributed by atoms with Crippen molar-refractivity contribution in [3.8, 4) is 5.75 Å². The maximum absolute atomic E-state index is 13.2. The third kappa shape index (κ3) is 4.59. The summed E-state index contributed by atoms with van der Waals surface area (Å²) in [6.45, 7) is 2.30. The van der Waals surface area contributed by atoms with E-state index in [0.29, 0.717) is 35.8 Å². The van der Waals surface area contributed by atoms with Crippen molar-refractivity contribution in [1.82, 2.24) is 5.32 Å². The maximum atomic E-state index is 13.2. The lowest BCUT2D eigenvalue weighted by molar-refractivity contribution is -0.123. The van der Waals surface area contributed by atoms with Crippen LogP contribution < -0.4 is 14.4 Å². The van der Waals surface area contributed by atoms with E-state index in [4.69, 9.17) is 16.3 Å². The Bertz CT molecular complexity index is 1260. The van der Waals surface area contributed by atoms with Gasteiger partial charge >= 0.3 is 0 Å². The number of carbonyl (C=O) groups excluding carboxylic acids is 1. The highest BCUT2D eigenvalue weighted by molar-refractivity contribution is 7.92. The number of aryl methyl sites for hydroxylation is 1. The molecule has 0 bridgehead atoms. The van der Waals surface area contributed by atoms with Gasteiger partial charge < -0.3 is 10.1 Å². The van der Waals surface area contributed by atoms with Gasteiger partial charge in [0.1, 0.15) is 5.75 Å². The van der Waals surface area contributed by atoms with Crippen LogP contribution in [0.5, 0.6) is 5.75 Å². The zero-order valence-corrected chi connectivity index (χ0v) is 19.1. The van der Waals surface area contributed by atoms with Crippen LogP contribution in [0.1, 0.15) is 16.7 Å². The van der Waals surface area contributed by atoms with Crippen LogP contribution in [0.4, 0.5) is 5.69 Å². The number of anilines is 1. The molecule has 0 spiro atoms. The Balaban J connectivity index is 1.40. The molecular formula is C24H23ClN2O4S. The number of halogens is 1. The highest BCUT2D eigenvalue weighted by Crippen LogP contribution is 2.33. The van der Waals surface area contributed by atoms with Crippen molar-refractivity contribution in [2.24, 2.45) is 0 Å². The molecule has 1 aliphatic rings. The monoisotopic (exact) mass is 470 g/mol. The Morgan fingerprint density at radius 2 is 1.84 bits per heavy atom. The average Bonchev–Trinajstić information content (AvgIpc) is 3.23. The summed E-state index contributed by atoms with van der Waals surface area (Å²) in [4.78, 5) is 12.3. The van der Waals surface area contributed by atoms with E-state index >= 15 is 0 Å². The van der Waals surface area contributed by atoms with Crippen molar-refractivity contribution in [2.75, 3.05) is 17.5 Å². The van der Waals surface area contributed by atoms with E-state index in [2.05, 4.69) is 5.32 Å². The Morgan fingerprint density at radius 3 is 2.62 bits per heavy atom. The Kier molecular flexibility index (Phi) is 6.39. The molecule has 0 unspecified atom stereocenters. The molecule has 0 radical (unpaired) electrons. The summed E-state index contributed by atoms with van der Waals surface area (Å²) in [5.41, 5.74) is 3.20. The standard InChI is InChI=1S/C24H23ClN2O4S/c1-17-14-20(32(29,30)27-13-12-18-6-3-5-9-22(18)27)10-11-23(17)31-16-24(28)26-15-19-7-2-4-8-21(19)25/h2-11,14H,12-13,15-16H2,1H3,(H,26,28). The molecule has 3 aromatic carbocycles. The summed E-state index contributed by atoms with van der Waals surface area (Å²) in [5.74, 6) is 0.161. The molecule has 0 saturated heterocycles. The van der Waals surface area contributed by atoms with Gasteiger partial charge in [0, 0.05) is 18.1 Å². The van der Waals surface area contributed by atoms with Crippen molar-refractivity contribution in [3.63, 3.8) is 0 Å². The number of nitrogens with one attached hydrogen (secondary N) is 1. The van der Waals surface area contributed by atoms with Crippen molar-refractivity contribution in [2.45, 2.75) is 24.8 Å². The Hall–Kier alpha value is -3.03. The van der Waals surface area contributed by atoms with Gasteiger partial charge in [0.05, 0.1) is 10.6 Å². The lowest BCUT2D eigenvalue weighted by Gasteiger charge is -2.20. The quantitative estimate of drug-likeness (QED) is 0.564. The summed E-state index contributed by atoms with van der Waals surface area (Å²) in [6.07, 6.45) is 0.693. The van der Waals surface area contributed by atoms with Gasteiger partial charge in [-0.05, 0) is 60.4 Å². The van der Waals surface area contributed by atoms with E-state index in [1.165, 1.54) is 10.4 Å². The first-order chi connectivity index (χ1) is 15.4. The van der Waals surface area contributed by atoms with Crippen LogP contribution in [0.25, 0.3) is 0 Å². The number of carbonyl (C=O) groups is 1. The van der Waals surface area contributed by atoms with Gasteiger partial charge in [-0.2, -0.15) is 0 Å². The molecule has 1 amide bonds. The normalized spacial score (nSPS) is 13.0. The molecule has 8 heteroatoms. The highest BCUT2D eigenvalue weighted by atomic mass is 35.5. The molecule has 6 nitrogen and oxygen atoms in total. The number of rotatable bonds is 7. The molecule has 1 aliphatic heterocycles. The van der Waals surface area contributed by atoms with E-state index < -0.39 is 10.0 Å². The molecular weight excluding hydrogens is 448 g/mol. The molecule has 1 heterocycles. The van der Waals surface area contributed by atoms with Gasteiger partial charge in [-0.15, -0.1) is 0 Å². The molecule has 32 heavy (non-hydrogen) atoms. The summed E-state index contributed by atoms with van der Waals surface area (Å²) < 4.78 is 33.4. The van der Waals surface area contributed by atoms with Gasteiger partial charge in [0.25, 0.3) is 15.9 Å². The number of fused-ring (bicyclic) bond motifs is 1. The third-order valence-corrected chi connectivity index (χ3v) is 7.55. The Morgan fingerprint density at radius 1 is 1.09 bits per heavy atom. The second kappa shape index (κ2) is 9.22. The SMILES string of the molecule is Cc1cc(S(=O)(=O)N2CCc3ccccc32)ccc1OCC(=O)NCc1ccccc1Cl. The molecule has 166 valence electrons. The predicted octanol–water partition coefficient (Wildman–Crippen LogP) is 4.10. The maximum Gasteiger partial charge on any atom is 0.264 e. The number of amides is 1. The largest absolute Gasteiger partial charge is 0.484 e. The van der Waals surface area contributed by atoms with Gasteiger partial charge in [-0.3, -0.25) is 9.10 Å². The molecule has 0 aromatic heterocycles. The van der Waals surface area contributed by atoms with Crippen LogP contribution in [0.2, 0.25) is 5.02 Å². The molecule has 0 saturated carbocycles. The summed E-state index contributed by atoms with van der Waals surface area (Å²) >= 11 is 6.09. The number of para-hydroxylation sites is 1. The Labute approximate surface area is 192 Å². The van der Waals surface area contributed by atoms with E-state index in [1.54, 1.807) is 25.1 Å². The fourth-order valence-electron chi connectivity index (χ4n) is 3.66. The van der Waals surface area contributed by atoms with E-state index in [9.17, 15) is 13.2 Å². The first-order valence-corrected chi connectivity index (χ1v) is 12.0. The van der Waals surface area contributed by atoms with E-state index in [1.807, 2.05) is 42.5 Å². The fraction of sp³-hybridized carbons (Fsp3) is 0.208. The minimum absolute atomic E-state index is 0.184.